The molecule has 5 nitrogen and oxygen atoms in total. The van der Waals surface area contributed by atoms with Gasteiger partial charge in [-0.2, -0.15) is 0 Å². The zero-order chi connectivity index (χ0) is 11.0. The minimum absolute atomic E-state index is 0.251. The number of hydrogen-bond donors (Lipinski definition) is 1. The molecule has 16 heavy (non-hydrogen) atoms. The van der Waals surface area contributed by atoms with E-state index in [2.05, 4.69) is 15.1 Å². The first-order chi connectivity index (χ1) is 7.84. The van der Waals surface area contributed by atoms with Crippen LogP contribution in [0.25, 0.3) is 16.9 Å². The van der Waals surface area contributed by atoms with E-state index < -0.39 is 0 Å². The summed E-state index contributed by atoms with van der Waals surface area (Å²) in [5.74, 6) is 0.251. The number of hydrogen-bond acceptors (Lipinski definition) is 4. The number of rotatable bonds is 1. The van der Waals surface area contributed by atoms with Gasteiger partial charge in [-0.1, -0.05) is 6.07 Å². The van der Waals surface area contributed by atoms with Crippen LogP contribution in [-0.2, 0) is 0 Å². The highest BCUT2D eigenvalue weighted by Gasteiger charge is 2.06. The molecule has 0 amide bonds. The molecule has 3 aromatic rings. The van der Waals surface area contributed by atoms with Gasteiger partial charge in [-0.25, -0.2) is 9.50 Å². The third-order valence-corrected chi connectivity index (χ3v) is 2.34. The lowest BCUT2D eigenvalue weighted by atomic mass is 10.3. The summed E-state index contributed by atoms with van der Waals surface area (Å²) in [6, 6.07) is 9.63. The Morgan fingerprint density at radius 2 is 2.00 bits per heavy atom. The molecule has 78 valence electrons. The van der Waals surface area contributed by atoms with Crippen LogP contribution in [0.2, 0.25) is 0 Å². The van der Waals surface area contributed by atoms with Gasteiger partial charge in [0.2, 0.25) is 5.95 Å². The highest BCUT2D eigenvalue weighted by molar-refractivity contribution is 5.63. The Morgan fingerprint density at radius 3 is 2.81 bits per heavy atom. The summed E-state index contributed by atoms with van der Waals surface area (Å²) < 4.78 is 1.74. The van der Waals surface area contributed by atoms with Crippen LogP contribution in [-0.4, -0.2) is 19.6 Å². The number of aromatic nitrogens is 4. The molecule has 0 aliphatic carbocycles. The molecule has 3 aromatic heterocycles. The Kier molecular flexibility index (Phi) is 1.83. The van der Waals surface area contributed by atoms with Crippen molar-refractivity contribution < 1.29 is 0 Å². The molecule has 0 unspecified atom stereocenters. The summed E-state index contributed by atoms with van der Waals surface area (Å²) in [5.41, 5.74) is 8.23. The molecule has 3 rings (SSSR count). The highest BCUT2D eigenvalue weighted by Crippen LogP contribution is 2.18. The predicted molar refractivity (Wildman–Crippen MR) is 60.6 cm³/mol. The number of pyridine rings is 1. The molecule has 3 heterocycles. The smallest absolute Gasteiger partial charge is 0.238 e. The fourth-order valence-corrected chi connectivity index (χ4v) is 1.62. The maximum absolute atomic E-state index is 5.57. The van der Waals surface area contributed by atoms with E-state index in [1.807, 2.05) is 30.3 Å². The number of anilines is 1. The topological polar surface area (TPSA) is 69.1 Å². The molecule has 0 saturated carbocycles. The summed E-state index contributed by atoms with van der Waals surface area (Å²) in [6.07, 6.45) is 3.44. The minimum Gasteiger partial charge on any atom is -0.367 e. The monoisotopic (exact) mass is 211 g/mol. The molecule has 0 radical (unpaired) electrons. The van der Waals surface area contributed by atoms with E-state index in [0.717, 1.165) is 16.9 Å². The quantitative estimate of drug-likeness (QED) is 0.660. The van der Waals surface area contributed by atoms with Crippen molar-refractivity contribution in [3.8, 4) is 11.4 Å². The van der Waals surface area contributed by atoms with E-state index in [1.54, 1.807) is 16.9 Å². The summed E-state index contributed by atoms with van der Waals surface area (Å²) in [6.45, 7) is 0. The summed E-state index contributed by atoms with van der Waals surface area (Å²) in [4.78, 5) is 8.22. The van der Waals surface area contributed by atoms with Gasteiger partial charge < -0.3 is 5.73 Å². The molecule has 0 aliphatic rings. The van der Waals surface area contributed by atoms with E-state index in [1.165, 1.54) is 0 Å². The van der Waals surface area contributed by atoms with Crippen LogP contribution in [0.15, 0.2) is 42.7 Å². The molecule has 2 N–H and O–H groups in total. The van der Waals surface area contributed by atoms with Crippen molar-refractivity contribution in [3.05, 3.63) is 42.7 Å². The van der Waals surface area contributed by atoms with Crippen molar-refractivity contribution in [1.29, 1.82) is 0 Å². The standard InChI is InChI=1S/C11H9N5/c12-11-14-7-8-4-5-10(16(8)15-11)9-3-1-2-6-13-9/h1-7H,(H2,12,15). The van der Waals surface area contributed by atoms with Gasteiger partial charge >= 0.3 is 0 Å². The summed E-state index contributed by atoms with van der Waals surface area (Å²) in [5, 5.41) is 4.16. The lowest BCUT2D eigenvalue weighted by Crippen LogP contribution is -2.01. The Bertz CT molecular complexity index is 629. The van der Waals surface area contributed by atoms with Crippen molar-refractivity contribution in [3.63, 3.8) is 0 Å². The average Bonchev–Trinajstić information content (AvgIpc) is 2.73. The van der Waals surface area contributed by atoms with Gasteiger partial charge in [0.05, 0.1) is 23.1 Å². The lowest BCUT2D eigenvalue weighted by Gasteiger charge is -2.01. The van der Waals surface area contributed by atoms with Crippen LogP contribution >= 0.6 is 0 Å². The molecule has 0 saturated heterocycles. The maximum atomic E-state index is 5.57. The fraction of sp³-hybridized carbons (Fsp3) is 0. The molecular formula is C11H9N5. The van der Waals surface area contributed by atoms with Gasteiger partial charge in [-0.15, -0.1) is 5.10 Å². The maximum Gasteiger partial charge on any atom is 0.238 e. The number of nitrogens with zero attached hydrogens (tertiary/aromatic N) is 4. The zero-order valence-corrected chi connectivity index (χ0v) is 8.41. The van der Waals surface area contributed by atoms with Crippen molar-refractivity contribution in [2.45, 2.75) is 0 Å². The first-order valence-electron chi connectivity index (χ1n) is 4.86. The van der Waals surface area contributed by atoms with Gasteiger partial charge in [0.25, 0.3) is 0 Å². The SMILES string of the molecule is Nc1ncc2ccc(-c3ccccn3)n2n1. The second kappa shape index (κ2) is 3.30. The van der Waals surface area contributed by atoms with Crippen LogP contribution in [0, 0.1) is 0 Å². The lowest BCUT2D eigenvalue weighted by molar-refractivity contribution is 0.920. The van der Waals surface area contributed by atoms with Gasteiger partial charge in [0, 0.05) is 6.20 Å². The van der Waals surface area contributed by atoms with Crippen LogP contribution < -0.4 is 5.73 Å². The average molecular weight is 211 g/mol. The van der Waals surface area contributed by atoms with Crippen molar-refractivity contribution in [2.24, 2.45) is 0 Å². The summed E-state index contributed by atoms with van der Waals surface area (Å²) in [7, 11) is 0. The Morgan fingerprint density at radius 1 is 1.06 bits per heavy atom. The van der Waals surface area contributed by atoms with Gasteiger partial charge in [-0.3, -0.25) is 4.98 Å². The Labute approximate surface area is 91.6 Å². The zero-order valence-electron chi connectivity index (χ0n) is 8.41. The van der Waals surface area contributed by atoms with Crippen LogP contribution in [0.4, 0.5) is 5.95 Å². The fourth-order valence-electron chi connectivity index (χ4n) is 1.62. The number of nitrogens with two attached hydrogens (primary N) is 1. The molecule has 0 aliphatic heterocycles. The molecule has 0 fully saturated rings. The van der Waals surface area contributed by atoms with E-state index in [0.29, 0.717) is 0 Å². The van der Waals surface area contributed by atoms with Gasteiger partial charge in [0.15, 0.2) is 0 Å². The number of fused-ring (bicyclic) bond motifs is 1. The molecule has 0 spiro atoms. The second-order valence-corrected chi connectivity index (χ2v) is 3.39. The molecule has 0 atom stereocenters. The van der Waals surface area contributed by atoms with Crippen LogP contribution in [0.3, 0.4) is 0 Å². The van der Waals surface area contributed by atoms with Crippen LogP contribution in [0.5, 0.6) is 0 Å². The van der Waals surface area contributed by atoms with Gasteiger partial charge in [0.1, 0.15) is 0 Å². The van der Waals surface area contributed by atoms with E-state index >= 15 is 0 Å². The molecule has 0 bridgehead atoms. The normalized spacial score (nSPS) is 10.8. The second-order valence-electron chi connectivity index (χ2n) is 3.39. The molecule has 5 heteroatoms. The van der Waals surface area contributed by atoms with E-state index in [-0.39, 0.29) is 5.95 Å². The molecular weight excluding hydrogens is 202 g/mol. The third-order valence-electron chi connectivity index (χ3n) is 2.34. The largest absolute Gasteiger partial charge is 0.367 e. The first kappa shape index (κ1) is 8.84. The minimum atomic E-state index is 0.251. The van der Waals surface area contributed by atoms with Gasteiger partial charge in [-0.05, 0) is 24.3 Å². The highest BCUT2D eigenvalue weighted by atomic mass is 15.3. The number of nitrogen functional groups attached to an aromatic ring is 1. The Balaban J connectivity index is 2.29. The van der Waals surface area contributed by atoms with Crippen LogP contribution in [0.1, 0.15) is 0 Å². The Hall–Kier alpha value is -2.43. The molecule has 0 aromatic carbocycles. The van der Waals surface area contributed by atoms with Crippen molar-refractivity contribution in [1.82, 2.24) is 19.6 Å². The van der Waals surface area contributed by atoms with Crippen molar-refractivity contribution in [2.75, 3.05) is 5.73 Å². The van der Waals surface area contributed by atoms with Crippen molar-refractivity contribution >= 4 is 11.5 Å². The third kappa shape index (κ3) is 1.30. The first-order valence-corrected chi connectivity index (χ1v) is 4.86. The van der Waals surface area contributed by atoms with E-state index in [4.69, 9.17) is 5.73 Å². The predicted octanol–water partition coefficient (Wildman–Crippen LogP) is 1.37. The summed E-state index contributed by atoms with van der Waals surface area (Å²) >= 11 is 0. The van der Waals surface area contributed by atoms with E-state index in [9.17, 15) is 0 Å².